The zero-order valence-corrected chi connectivity index (χ0v) is 9.68. The van der Waals surface area contributed by atoms with Gasteiger partial charge in [0.1, 0.15) is 6.54 Å². The summed E-state index contributed by atoms with van der Waals surface area (Å²) in [5, 5.41) is 2.98. The zero-order valence-electron chi connectivity index (χ0n) is 8.86. The van der Waals surface area contributed by atoms with Crippen LogP contribution in [0.3, 0.4) is 0 Å². The molecule has 2 rings (SSSR count). The zero-order chi connectivity index (χ0) is 10.8. The van der Waals surface area contributed by atoms with Gasteiger partial charge in [-0.2, -0.15) is 11.8 Å². The van der Waals surface area contributed by atoms with Crippen LogP contribution in [-0.2, 0) is 4.79 Å². The maximum Gasteiger partial charge on any atom is 0.324 e. The number of hydrogen-bond acceptors (Lipinski definition) is 3. The first kappa shape index (κ1) is 10.8. The monoisotopic (exact) mass is 228 g/mol. The lowest BCUT2D eigenvalue weighted by Gasteiger charge is -2.33. The molecule has 0 spiro atoms. The van der Waals surface area contributed by atoms with Gasteiger partial charge in [0, 0.05) is 11.3 Å². The molecule has 0 radical (unpaired) electrons. The first-order valence-corrected chi connectivity index (χ1v) is 6.62. The summed E-state index contributed by atoms with van der Waals surface area (Å²) >= 11 is 1.87. The Kier molecular flexibility index (Phi) is 3.19. The Morgan fingerprint density at radius 3 is 2.80 bits per heavy atom. The number of carbonyl (C=O) groups is 2. The molecule has 1 aliphatic heterocycles. The highest BCUT2D eigenvalue weighted by atomic mass is 32.2. The van der Waals surface area contributed by atoms with Crippen molar-refractivity contribution >= 4 is 23.7 Å². The molecule has 1 saturated heterocycles. The van der Waals surface area contributed by atoms with Gasteiger partial charge in [-0.05, 0) is 25.5 Å². The van der Waals surface area contributed by atoms with Crippen LogP contribution < -0.4 is 5.32 Å². The van der Waals surface area contributed by atoms with Crippen LogP contribution in [0.15, 0.2) is 0 Å². The van der Waals surface area contributed by atoms with Gasteiger partial charge in [0.05, 0.1) is 0 Å². The molecular formula is C10H16N2O2S. The Morgan fingerprint density at radius 2 is 2.20 bits per heavy atom. The summed E-state index contributed by atoms with van der Waals surface area (Å²) in [4.78, 5) is 24.2. The first-order chi connectivity index (χ1) is 7.20. The summed E-state index contributed by atoms with van der Waals surface area (Å²) in [6, 6.07) is 0.0643. The minimum Gasteiger partial charge on any atom is -0.312 e. The molecule has 2 aliphatic rings. The normalized spacial score (nSPS) is 31.9. The maximum absolute atomic E-state index is 11.5. The molecule has 2 atom stereocenters. The Bertz CT molecular complexity index is 283. The lowest BCUT2D eigenvalue weighted by Crippen LogP contribution is -2.41. The summed E-state index contributed by atoms with van der Waals surface area (Å²) in [6.07, 6.45) is 6.58. The van der Waals surface area contributed by atoms with Crippen LogP contribution in [0.25, 0.3) is 0 Å². The van der Waals surface area contributed by atoms with E-state index >= 15 is 0 Å². The highest BCUT2D eigenvalue weighted by Crippen LogP contribution is 2.30. The highest BCUT2D eigenvalue weighted by molar-refractivity contribution is 7.99. The number of amides is 3. The molecule has 1 heterocycles. The average molecular weight is 228 g/mol. The molecule has 5 heteroatoms. The van der Waals surface area contributed by atoms with Crippen LogP contribution in [0.4, 0.5) is 4.79 Å². The van der Waals surface area contributed by atoms with Gasteiger partial charge in [-0.1, -0.05) is 6.42 Å². The molecular weight excluding hydrogens is 212 g/mol. The molecule has 3 amide bonds. The van der Waals surface area contributed by atoms with Gasteiger partial charge < -0.3 is 4.90 Å². The maximum atomic E-state index is 11.5. The van der Waals surface area contributed by atoms with Gasteiger partial charge in [-0.25, -0.2) is 4.79 Å². The third-order valence-corrected chi connectivity index (χ3v) is 4.29. The van der Waals surface area contributed by atoms with Gasteiger partial charge in [0.2, 0.25) is 5.91 Å². The van der Waals surface area contributed by atoms with Crippen LogP contribution >= 0.6 is 11.8 Å². The SMILES string of the molecule is CSC1CCCC(N2CC(=O)NC2=O)C1. The van der Waals surface area contributed by atoms with Gasteiger partial charge in [-0.3, -0.25) is 10.1 Å². The molecule has 4 nitrogen and oxygen atoms in total. The number of imide groups is 1. The van der Waals surface area contributed by atoms with Gasteiger partial charge in [-0.15, -0.1) is 0 Å². The van der Waals surface area contributed by atoms with E-state index in [-0.39, 0.29) is 24.5 Å². The number of urea groups is 1. The van der Waals surface area contributed by atoms with E-state index in [0.717, 1.165) is 19.3 Å². The van der Waals surface area contributed by atoms with Crippen molar-refractivity contribution in [3.63, 3.8) is 0 Å². The molecule has 15 heavy (non-hydrogen) atoms. The van der Waals surface area contributed by atoms with E-state index in [0.29, 0.717) is 5.25 Å². The fourth-order valence-corrected chi connectivity index (χ4v) is 3.19. The Morgan fingerprint density at radius 1 is 1.40 bits per heavy atom. The quantitative estimate of drug-likeness (QED) is 0.723. The van der Waals surface area contributed by atoms with Crippen molar-refractivity contribution in [2.75, 3.05) is 12.8 Å². The number of thioether (sulfide) groups is 1. The molecule has 84 valence electrons. The van der Waals surface area contributed by atoms with Crippen molar-refractivity contribution < 1.29 is 9.59 Å². The Balaban J connectivity index is 1.98. The number of carbonyl (C=O) groups excluding carboxylic acids is 2. The van der Waals surface area contributed by atoms with Crippen molar-refractivity contribution in [3.8, 4) is 0 Å². The van der Waals surface area contributed by atoms with Crippen molar-refractivity contribution in [3.05, 3.63) is 0 Å². The highest BCUT2D eigenvalue weighted by Gasteiger charge is 2.35. The van der Waals surface area contributed by atoms with Crippen molar-refractivity contribution in [2.24, 2.45) is 0 Å². The molecule has 2 unspecified atom stereocenters. The molecule has 1 aliphatic carbocycles. The Labute approximate surface area is 93.8 Å². The van der Waals surface area contributed by atoms with Crippen molar-refractivity contribution in [1.82, 2.24) is 10.2 Å². The average Bonchev–Trinajstić information content (AvgIpc) is 2.58. The standard InChI is InChI=1S/C10H16N2O2S/c1-15-8-4-2-3-7(5-8)12-6-9(13)11-10(12)14/h7-8H,2-6H2,1H3,(H,11,13,14). The van der Waals surface area contributed by atoms with Gasteiger partial charge in [0.25, 0.3) is 0 Å². The largest absolute Gasteiger partial charge is 0.324 e. The van der Waals surface area contributed by atoms with E-state index in [1.165, 1.54) is 6.42 Å². The van der Waals surface area contributed by atoms with E-state index in [1.54, 1.807) is 4.90 Å². The summed E-state index contributed by atoms with van der Waals surface area (Å²) in [7, 11) is 0. The summed E-state index contributed by atoms with van der Waals surface area (Å²) in [5.74, 6) is -0.161. The third kappa shape index (κ3) is 2.27. The molecule has 0 bridgehead atoms. The van der Waals surface area contributed by atoms with E-state index in [9.17, 15) is 9.59 Å². The van der Waals surface area contributed by atoms with Gasteiger partial charge >= 0.3 is 6.03 Å². The lowest BCUT2D eigenvalue weighted by molar-refractivity contribution is -0.118. The van der Waals surface area contributed by atoms with E-state index in [4.69, 9.17) is 0 Å². The van der Waals surface area contributed by atoms with E-state index in [1.807, 2.05) is 11.8 Å². The minimum atomic E-state index is -0.202. The molecule has 0 aromatic rings. The van der Waals surface area contributed by atoms with E-state index in [2.05, 4.69) is 11.6 Å². The predicted molar refractivity (Wildman–Crippen MR) is 59.8 cm³/mol. The van der Waals surface area contributed by atoms with Gasteiger partial charge in [0.15, 0.2) is 0 Å². The lowest BCUT2D eigenvalue weighted by atomic mass is 9.94. The van der Waals surface area contributed by atoms with E-state index < -0.39 is 0 Å². The predicted octanol–water partition coefficient (Wildman–Crippen LogP) is 1.21. The van der Waals surface area contributed by atoms with Crippen LogP contribution in [0.1, 0.15) is 25.7 Å². The van der Waals surface area contributed by atoms with Crippen molar-refractivity contribution in [1.29, 1.82) is 0 Å². The number of rotatable bonds is 2. The van der Waals surface area contributed by atoms with Crippen LogP contribution in [0.5, 0.6) is 0 Å². The van der Waals surface area contributed by atoms with Crippen LogP contribution in [0.2, 0.25) is 0 Å². The smallest absolute Gasteiger partial charge is 0.312 e. The second-order valence-electron chi connectivity index (χ2n) is 4.16. The molecule has 1 saturated carbocycles. The number of nitrogens with zero attached hydrogens (tertiary/aromatic N) is 1. The Hall–Kier alpha value is -0.710. The van der Waals surface area contributed by atoms with Crippen LogP contribution in [-0.4, -0.2) is 40.9 Å². The molecule has 0 aromatic heterocycles. The molecule has 2 fully saturated rings. The fourth-order valence-electron chi connectivity index (χ4n) is 2.37. The number of hydrogen-bond donors (Lipinski definition) is 1. The third-order valence-electron chi connectivity index (χ3n) is 3.19. The topological polar surface area (TPSA) is 49.4 Å². The first-order valence-electron chi connectivity index (χ1n) is 5.34. The minimum absolute atomic E-state index is 0.161. The summed E-state index contributed by atoms with van der Waals surface area (Å²) in [5.41, 5.74) is 0. The number of nitrogens with one attached hydrogen (secondary N) is 1. The summed E-state index contributed by atoms with van der Waals surface area (Å²) < 4.78 is 0. The molecule has 0 aromatic carbocycles. The van der Waals surface area contributed by atoms with Crippen LogP contribution in [0, 0.1) is 0 Å². The molecule has 1 N–H and O–H groups in total. The van der Waals surface area contributed by atoms with Crippen molar-refractivity contribution in [2.45, 2.75) is 37.0 Å². The fraction of sp³-hybridized carbons (Fsp3) is 0.800. The second-order valence-corrected chi connectivity index (χ2v) is 5.30. The summed E-state index contributed by atoms with van der Waals surface area (Å²) in [6.45, 7) is 0.255. The second kappa shape index (κ2) is 4.43.